The van der Waals surface area contributed by atoms with Gasteiger partial charge in [0.15, 0.2) is 0 Å². The normalized spacial score (nSPS) is 11.9. The van der Waals surface area contributed by atoms with Crippen LogP contribution in [0, 0.1) is 0 Å². The van der Waals surface area contributed by atoms with Gasteiger partial charge in [-0.2, -0.15) is 4.31 Å². The molecule has 102 valence electrons. The van der Waals surface area contributed by atoms with Crippen molar-refractivity contribution in [2.75, 3.05) is 19.7 Å². The topological polar surface area (TPSA) is 94.9 Å². The Kier molecular flexibility index (Phi) is 5.27. The van der Waals surface area contributed by atoms with E-state index in [-0.39, 0.29) is 29.5 Å². The second-order valence-corrected chi connectivity index (χ2v) is 6.37. The summed E-state index contributed by atoms with van der Waals surface area (Å²) < 4.78 is 25.5. The lowest BCUT2D eigenvalue weighted by Gasteiger charge is -2.19. The van der Waals surface area contributed by atoms with Crippen LogP contribution >= 0.6 is 11.3 Å². The number of nitrogens with zero attached hydrogens (tertiary/aromatic N) is 1. The maximum absolute atomic E-state index is 12.2. The van der Waals surface area contributed by atoms with Crippen LogP contribution in [0.4, 0.5) is 0 Å². The molecule has 1 aromatic rings. The summed E-state index contributed by atoms with van der Waals surface area (Å²) in [6.07, 6.45) is 0.350. The van der Waals surface area contributed by atoms with Gasteiger partial charge in [0, 0.05) is 25.1 Å². The van der Waals surface area contributed by atoms with Crippen LogP contribution in [0.15, 0.2) is 16.3 Å². The van der Waals surface area contributed by atoms with Crippen LogP contribution in [0.25, 0.3) is 0 Å². The lowest BCUT2D eigenvalue weighted by atomic mass is 10.4. The highest BCUT2D eigenvalue weighted by molar-refractivity contribution is 7.89. The molecule has 0 fully saturated rings. The van der Waals surface area contributed by atoms with Crippen LogP contribution in [-0.4, -0.2) is 48.6 Å². The first kappa shape index (κ1) is 15.1. The molecule has 6 nitrogen and oxygen atoms in total. The van der Waals surface area contributed by atoms with Gasteiger partial charge < -0.3 is 10.2 Å². The summed E-state index contributed by atoms with van der Waals surface area (Å²) in [5.41, 5.74) is 0. The molecule has 8 heteroatoms. The minimum Gasteiger partial charge on any atom is -0.477 e. The molecule has 0 amide bonds. The Bertz CT molecular complexity index is 508. The van der Waals surface area contributed by atoms with Gasteiger partial charge in [-0.05, 0) is 12.5 Å². The molecule has 0 unspecified atom stereocenters. The molecule has 1 heterocycles. The third-order valence-corrected chi connectivity index (χ3v) is 5.36. The smallest absolute Gasteiger partial charge is 0.345 e. The first-order valence-electron chi connectivity index (χ1n) is 5.36. The van der Waals surface area contributed by atoms with E-state index in [0.29, 0.717) is 6.42 Å². The number of carbonyl (C=O) groups is 1. The van der Waals surface area contributed by atoms with Crippen molar-refractivity contribution in [2.45, 2.75) is 18.2 Å². The molecular weight excluding hydrogens is 278 g/mol. The number of carboxylic acid groups (broad SMARTS) is 1. The largest absolute Gasteiger partial charge is 0.477 e. The van der Waals surface area contributed by atoms with E-state index < -0.39 is 16.0 Å². The molecule has 2 N–H and O–H groups in total. The number of aliphatic hydroxyl groups excluding tert-OH is 1. The van der Waals surface area contributed by atoms with Gasteiger partial charge in [-0.15, -0.1) is 11.3 Å². The van der Waals surface area contributed by atoms with Gasteiger partial charge in [0.1, 0.15) is 4.88 Å². The molecular formula is C10H15NO5S2. The van der Waals surface area contributed by atoms with Crippen LogP contribution in [0.2, 0.25) is 0 Å². The van der Waals surface area contributed by atoms with Crippen LogP contribution < -0.4 is 0 Å². The Labute approximate surface area is 110 Å². The number of aromatic carboxylic acids is 1. The molecule has 0 aliphatic carbocycles. The Morgan fingerprint density at radius 3 is 2.61 bits per heavy atom. The monoisotopic (exact) mass is 293 g/mol. The summed E-state index contributed by atoms with van der Waals surface area (Å²) in [4.78, 5) is 10.7. The van der Waals surface area contributed by atoms with E-state index in [1.165, 1.54) is 9.69 Å². The van der Waals surface area contributed by atoms with Crippen molar-refractivity contribution in [1.82, 2.24) is 4.31 Å². The van der Waals surface area contributed by atoms with Crippen molar-refractivity contribution >= 4 is 27.3 Å². The Morgan fingerprint density at radius 2 is 2.17 bits per heavy atom. The van der Waals surface area contributed by atoms with Crippen molar-refractivity contribution in [3.8, 4) is 0 Å². The molecule has 0 saturated carbocycles. The van der Waals surface area contributed by atoms with Crippen molar-refractivity contribution in [3.63, 3.8) is 0 Å². The summed E-state index contributed by atoms with van der Waals surface area (Å²) in [5, 5.41) is 18.8. The predicted molar refractivity (Wildman–Crippen MR) is 67.4 cm³/mol. The zero-order valence-electron chi connectivity index (χ0n) is 9.87. The van der Waals surface area contributed by atoms with E-state index in [9.17, 15) is 13.2 Å². The van der Waals surface area contributed by atoms with Crippen LogP contribution in [0.5, 0.6) is 0 Å². The molecule has 0 spiro atoms. The number of sulfonamides is 1. The average molecular weight is 293 g/mol. The molecule has 1 rings (SSSR count). The zero-order chi connectivity index (χ0) is 13.8. The van der Waals surface area contributed by atoms with E-state index in [1.807, 2.05) is 0 Å². The van der Waals surface area contributed by atoms with E-state index in [1.54, 1.807) is 6.92 Å². The first-order chi connectivity index (χ1) is 8.43. The minimum absolute atomic E-state index is 0.00761. The summed E-state index contributed by atoms with van der Waals surface area (Å²) in [6.45, 7) is 2.10. The van der Waals surface area contributed by atoms with Crippen LogP contribution in [-0.2, 0) is 10.0 Å². The van der Waals surface area contributed by atoms with Crippen LogP contribution in [0.3, 0.4) is 0 Å². The molecule has 0 atom stereocenters. The molecule has 0 radical (unpaired) electrons. The Morgan fingerprint density at radius 1 is 1.50 bits per heavy atom. The SMILES string of the molecule is CCN(CCCO)S(=O)(=O)c1csc(C(=O)O)c1. The third kappa shape index (κ3) is 3.29. The quantitative estimate of drug-likeness (QED) is 0.776. The number of thiophene rings is 1. The lowest BCUT2D eigenvalue weighted by molar-refractivity contribution is 0.0702. The van der Waals surface area contributed by atoms with Gasteiger partial charge >= 0.3 is 5.97 Å². The standard InChI is InChI=1S/C10H15NO5S2/c1-2-11(4-3-5-12)18(15,16)8-6-9(10(13)14)17-7-8/h6-7,12H,2-5H2,1H3,(H,13,14). The summed E-state index contributed by atoms with van der Waals surface area (Å²) >= 11 is 0.881. The first-order valence-corrected chi connectivity index (χ1v) is 7.68. The van der Waals surface area contributed by atoms with E-state index in [0.717, 1.165) is 17.4 Å². The van der Waals surface area contributed by atoms with Gasteiger partial charge in [-0.1, -0.05) is 6.92 Å². The van der Waals surface area contributed by atoms with Gasteiger partial charge in [0.2, 0.25) is 10.0 Å². The zero-order valence-corrected chi connectivity index (χ0v) is 11.5. The second-order valence-electron chi connectivity index (χ2n) is 3.53. The highest BCUT2D eigenvalue weighted by atomic mass is 32.2. The van der Waals surface area contributed by atoms with E-state index >= 15 is 0 Å². The maximum Gasteiger partial charge on any atom is 0.345 e. The fourth-order valence-electron chi connectivity index (χ4n) is 1.41. The number of hydrogen-bond acceptors (Lipinski definition) is 5. The van der Waals surface area contributed by atoms with Crippen molar-refractivity contribution in [2.24, 2.45) is 0 Å². The number of rotatable bonds is 7. The molecule has 0 aliphatic heterocycles. The van der Waals surface area contributed by atoms with Crippen molar-refractivity contribution in [1.29, 1.82) is 0 Å². The predicted octanol–water partition coefficient (Wildman–Crippen LogP) is 0.839. The third-order valence-electron chi connectivity index (χ3n) is 2.34. The lowest BCUT2D eigenvalue weighted by Crippen LogP contribution is -2.32. The van der Waals surface area contributed by atoms with Gasteiger partial charge in [-0.25, -0.2) is 13.2 Å². The van der Waals surface area contributed by atoms with E-state index in [2.05, 4.69) is 0 Å². The Hall–Kier alpha value is -0.960. The molecule has 18 heavy (non-hydrogen) atoms. The molecule has 1 aromatic heterocycles. The molecule has 0 bridgehead atoms. The number of hydrogen-bond donors (Lipinski definition) is 2. The van der Waals surface area contributed by atoms with E-state index in [4.69, 9.17) is 10.2 Å². The van der Waals surface area contributed by atoms with Gasteiger partial charge in [0.25, 0.3) is 0 Å². The second kappa shape index (κ2) is 6.28. The fourth-order valence-corrected chi connectivity index (χ4v) is 4.00. The van der Waals surface area contributed by atoms with Crippen molar-refractivity contribution < 1.29 is 23.4 Å². The highest BCUT2D eigenvalue weighted by Gasteiger charge is 2.24. The highest BCUT2D eigenvalue weighted by Crippen LogP contribution is 2.22. The van der Waals surface area contributed by atoms with Crippen LogP contribution in [0.1, 0.15) is 23.0 Å². The molecule has 0 aromatic carbocycles. The fraction of sp³-hybridized carbons (Fsp3) is 0.500. The summed E-state index contributed by atoms with van der Waals surface area (Å²) in [5.74, 6) is -1.14. The summed E-state index contributed by atoms with van der Waals surface area (Å²) in [6, 6.07) is 1.16. The number of carboxylic acids is 1. The molecule has 0 saturated heterocycles. The molecule has 0 aliphatic rings. The van der Waals surface area contributed by atoms with Gasteiger partial charge in [0.05, 0.1) is 4.90 Å². The average Bonchev–Trinajstić information content (AvgIpc) is 2.79. The van der Waals surface area contributed by atoms with Crippen molar-refractivity contribution in [3.05, 3.63) is 16.3 Å². The summed E-state index contributed by atoms with van der Waals surface area (Å²) in [7, 11) is -3.67. The van der Waals surface area contributed by atoms with Gasteiger partial charge in [-0.3, -0.25) is 0 Å². The Balaban J connectivity index is 2.99. The minimum atomic E-state index is -3.67. The number of aliphatic hydroxyl groups is 1. The maximum atomic E-state index is 12.2.